The van der Waals surface area contributed by atoms with Crippen LogP contribution in [0.1, 0.15) is 10.4 Å². The van der Waals surface area contributed by atoms with Crippen LogP contribution in [0.15, 0.2) is 53.3 Å². The number of aromatic nitrogens is 1. The standard InChI is InChI=1S/C17H12N2OS/c1-11-7-8-16(21-11)13-9-15(12-5-3-2-4-6-12)19-17(20)14(13)10-18/h2-9H,1H3,(H,19,20). The zero-order valence-corrected chi connectivity index (χ0v) is 12.2. The monoisotopic (exact) mass is 292 g/mol. The van der Waals surface area contributed by atoms with E-state index in [9.17, 15) is 10.1 Å². The van der Waals surface area contributed by atoms with Gasteiger partial charge in [-0.1, -0.05) is 30.3 Å². The molecule has 21 heavy (non-hydrogen) atoms. The summed E-state index contributed by atoms with van der Waals surface area (Å²) >= 11 is 1.58. The molecule has 3 nitrogen and oxygen atoms in total. The second kappa shape index (κ2) is 5.39. The fourth-order valence-corrected chi connectivity index (χ4v) is 3.11. The van der Waals surface area contributed by atoms with Crippen molar-refractivity contribution in [2.75, 3.05) is 0 Å². The molecule has 2 aromatic heterocycles. The highest BCUT2D eigenvalue weighted by Gasteiger charge is 2.13. The maximum absolute atomic E-state index is 12.2. The van der Waals surface area contributed by atoms with E-state index in [0.717, 1.165) is 21.0 Å². The third-order valence-corrected chi connectivity index (χ3v) is 4.27. The van der Waals surface area contributed by atoms with Crippen molar-refractivity contribution in [1.29, 1.82) is 5.26 Å². The molecule has 0 saturated heterocycles. The van der Waals surface area contributed by atoms with Gasteiger partial charge in [-0.3, -0.25) is 4.79 Å². The summed E-state index contributed by atoms with van der Waals surface area (Å²) in [6.07, 6.45) is 0. The number of nitrogens with zero attached hydrogens (tertiary/aromatic N) is 1. The van der Waals surface area contributed by atoms with E-state index in [1.807, 2.05) is 61.5 Å². The van der Waals surface area contributed by atoms with Gasteiger partial charge < -0.3 is 4.98 Å². The van der Waals surface area contributed by atoms with Crippen LogP contribution < -0.4 is 5.56 Å². The van der Waals surface area contributed by atoms with Gasteiger partial charge in [-0.25, -0.2) is 0 Å². The lowest BCUT2D eigenvalue weighted by Gasteiger charge is -2.06. The molecule has 0 saturated carbocycles. The summed E-state index contributed by atoms with van der Waals surface area (Å²) in [5.41, 5.74) is 2.16. The summed E-state index contributed by atoms with van der Waals surface area (Å²) in [4.78, 5) is 17.0. The van der Waals surface area contributed by atoms with Crippen molar-refractivity contribution >= 4 is 11.3 Å². The highest BCUT2D eigenvalue weighted by Crippen LogP contribution is 2.31. The van der Waals surface area contributed by atoms with E-state index in [2.05, 4.69) is 4.98 Å². The average molecular weight is 292 g/mol. The highest BCUT2D eigenvalue weighted by molar-refractivity contribution is 7.15. The number of nitriles is 1. The van der Waals surface area contributed by atoms with Crippen LogP contribution in [0.2, 0.25) is 0 Å². The number of nitrogens with one attached hydrogen (secondary N) is 1. The first-order valence-electron chi connectivity index (χ1n) is 6.48. The molecule has 0 spiro atoms. The van der Waals surface area contributed by atoms with Crippen molar-refractivity contribution in [3.05, 3.63) is 69.3 Å². The minimum Gasteiger partial charge on any atom is -0.321 e. The maximum Gasteiger partial charge on any atom is 0.267 e. The third kappa shape index (κ3) is 2.51. The minimum absolute atomic E-state index is 0.163. The Hall–Kier alpha value is -2.64. The predicted molar refractivity (Wildman–Crippen MR) is 85.3 cm³/mol. The van der Waals surface area contributed by atoms with Gasteiger partial charge in [0.15, 0.2) is 0 Å². The molecule has 0 aliphatic rings. The Bertz CT molecular complexity index is 885. The van der Waals surface area contributed by atoms with Crippen molar-refractivity contribution in [2.45, 2.75) is 6.92 Å². The van der Waals surface area contributed by atoms with Gasteiger partial charge in [0.2, 0.25) is 0 Å². The van der Waals surface area contributed by atoms with Crippen LogP contribution in [0.5, 0.6) is 0 Å². The number of benzene rings is 1. The maximum atomic E-state index is 12.2. The topological polar surface area (TPSA) is 56.6 Å². The Morgan fingerprint density at radius 3 is 2.52 bits per heavy atom. The van der Waals surface area contributed by atoms with E-state index >= 15 is 0 Å². The molecule has 0 aliphatic heterocycles. The number of hydrogen-bond donors (Lipinski definition) is 1. The Kier molecular flexibility index (Phi) is 3.43. The fraction of sp³-hybridized carbons (Fsp3) is 0.0588. The second-order valence-corrected chi connectivity index (χ2v) is 5.98. The number of hydrogen-bond acceptors (Lipinski definition) is 3. The first-order valence-corrected chi connectivity index (χ1v) is 7.30. The molecule has 3 aromatic rings. The van der Waals surface area contributed by atoms with Gasteiger partial charge in [-0.15, -0.1) is 11.3 Å². The van der Waals surface area contributed by atoms with Crippen LogP contribution in [0.4, 0.5) is 0 Å². The van der Waals surface area contributed by atoms with E-state index in [0.29, 0.717) is 5.56 Å². The highest BCUT2D eigenvalue weighted by atomic mass is 32.1. The van der Waals surface area contributed by atoms with Crippen LogP contribution >= 0.6 is 11.3 Å². The molecule has 0 unspecified atom stereocenters. The van der Waals surface area contributed by atoms with E-state index < -0.39 is 0 Å². The van der Waals surface area contributed by atoms with Crippen molar-refractivity contribution in [2.24, 2.45) is 0 Å². The summed E-state index contributed by atoms with van der Waals surface area (Å²) in [7, 11) is 0. The van der Waals surface area contributed by atoms with Crippen molar-refractivity contribution in [3.63, 3.8) is 0 Å². The molecule has 0 amide bonds. The molecular weight excluding hydrogens is 280 g/mol. The summed E-state index contributed by atoms with van der Waals surface area (Å²) in [5, 5.41) is 9.26. The molecule has 102 valence electrons. The number of aromatic amines is 1. The van der Waals surface area contributed by atoms with Crippen LogP contribution in [-0.2, 0) is 0 Å². The summed E-state index contributed by atoms with van der Waals surface area (Å²) in [6, 6.07) is 17.5. The molecule has 0 bridgehead atoms. The van der Waals surface area contributed by atoms with E-state index in [1.165, 1.54) is 0 Å². The molecule has 4 heteroatoms. The number of thiophene rings is 1. The number of rotatable bonds is 2. The SMILES string of the molecule is Cc1ccc(-c2cc(-c3ccccc3)[nH]c(=O)c2C#N)s1. The second-order valence-electron chi connectivity index (χ2n) is 4.69. The summed E-state index contributed by atoms with van der Waals surface area (Å²) < 4.78 is 0. The van der Waals surface area contributed by atoms with E-state index in [4.69, 9.17) is 0 Å². The largest absolute Gasteiger partial charge is 0.321 e. The molecule has 1 aromatic carbocycles. The number of pyridine rings is 1. The molecule has 0 atom stereocenters. The van der Waals surface area contributed by atoms with Crippen molar-refractivity contribution in [1.82, 2.24) is 4.98 Å². The van der Waals surface area contributed by atoms with E-state index in [-0.39, 0.29) is 11.1 Å². The quantitative estimate of drug-likeness (QED) is 0.777. The normalized spacial score (nSPS) is 10.3. The number of aryl methyl sites for hydroxylation is 1. The zero-order chi connectivity index (χ0) is 14.8. The van der Waals surface area contributed by atoms with Gasteiger partial charge in [0.1, 0.15) is 11.6 Å². The summed E-state index contributed by atoms with van der Waals surface area (Å²) in [5.74, 6) is 0. The third-order valence-electron chi connectivity index (χ3n) is 3.24. The van der Waals surface area contributed by atoms with Crippen LogP contribution in [-0.4, -0.2) is 4.98 Å². The van der Waals surface area contributed by atoms with E-state index in [1.54, 1.807) is 11.3 Å². The lowest BCUT2D eigenvalue weighted by molar-refractivity contribution is 1.22. The number of H-pyrrole nitrogens is 1. The molecule has 3 rings (SSSR count). The smallest absolute Gasteiger partial charge is 0.267 e. The first-order chi connectivity index (χ1) is 10.2. The van der Waals surface area contributed by atoms with Gasteiger partial charge >= 0.3 is 0 Å². The molecule has 1 N–H and O–H groups in total. The zero-order valence-electron chi connectivity index (χ0n) is 11.4. The molecule has 0 aliphatic carbocycles. The molecule has 2 heterocycles. The lowest BCUT2D eigenvalue weighted by atomic mass is 10.0. The Labute approximate surface area is 126 Å². The Morgan fingerprint density at radius 2 is 1.90 bits per heavy atom. The van der Waals surface area contributed by atoms with Crippen LogP contribution in [0.3, 0.4) is 0 Å². The van der Waals surface area contributed by atoms with Crippen LogP contribution in [0, 0.1) is 18.3 Å². The van der Waals surface area contributed by atoms with Gasteiger partial charge in [-0.05, 0) is 30.7 Å². The first kappa shape index (κ1) is 13.3. The Balaban J connectivity index is 2.26. The van der Waals surface area contributed by atoms with Gasteiger partial charge in [-0.2, -0.15) is 5.26 Å². The van der Waals surface area contributed by atoms with Gasteiger partial charge in [0, 0.05) is 21.0 Å². The molecule has 0 radical (unpaired) electrons. The summed E-state index contributed by atoms with van der Waals surface area (Å²) in [6.45, 7) is 2.01. The van der Waals surface area contributed by atoms with Gasteiger partial charge in [0.05, 0.1) is 0 Å². The average Bonchev–Trinajstić information content (AvgIpc) is 2.94. The molecular formula is C17H12N2OS. The van der Waals surface area contributed by atoms with Crippen molar-refractivity contribution in [3.8, 4) is 27.8 Å². The van der Waals surface area contributed by atoms with Crippen molar-refractivity contribution < 1.29 is 0 Å². The minimum atomic E-state index is -0.347. The lowest BCUT2D eigenvalue weighted by Crippen LogP contribution is -2.12. The van der Waals surface area contributed by atoms with Gasteiger partial charge in [0.25, 0.3) is 5.56 Å². The Morgan fingerprint density at radius 1 is 1.14 bits per heavy atom. The molecule has 0 fully saturated rings. The van der Waals surface area contributed by atoms with Crippen LogP contribution in [0.25, 0.3) is 21.7 Å². The fourth-order valence-electron chi connectivity index (χ4n) is 2.22. The predicted octanol–water partition coefficient (Wildman–Crippen LogP) is 3.95.